The van der Waals surface area contributed by atoms with Crippen molar-refractivity contribution in [3.05, 3.63) is 11.7 Å². The molecule has 0 fully saturated rings. The SMILES string of the molecule is Cc1noc([C@@H](N)CCS(C)(=O)=O)n1. The summed E-state index contributed by atoms with van der Waals surface area (Å²) >= 11 is 0. The van der Waals surface area contributed by atoms with Crippen LogP contribution in [-0.4, -0.2) is 30.6 Å². The summed E-state index contributed by atoms with van der Waals surface area (Å²) in [7, 11) is -2.99. The van der Waals surface area contributed by atoms with Crippen molar-refractivity contribution in [2.45, 2.75) is 19.4 Å². The zero-order chi connectivity index (χ0) is 10.8. The molecule has 0 aliphatic heterocycles. The van der Waals surface area contributed by atoms with Crippen molar-refractivity contribution in [3.8, 4) is 0 Å². The van der Waals surface area contributed by atoms with Crippen LogP contribution in [0.3, 0.4) is 0 Å². The van der Waals surface area contributed by atoms with Crippen LogP contribution in [0.5, 0.6) is 0 Å². The van der Waals surface area contributed by atoms with Gasteiger partial charge in [-0.2, -0.15) is 4.98 Å². The fourth-order valence-electron chi connectivity index (χ4n) is 0.928. The summed E-state index contributed by atoms with van der Waals surface area (Å²) in [6.45, 7) is 1.68. The van der Waals surface area contributed by atoms with Crippen molar-refractivity contribution in [2.75, 3.05) is 12.0 Å². The van der Waals surface area contributed by atoms with Gasteiger partial charge in [0.2, 0.25) is 5.89 Å². The van der Waals surface area contributed by atoms with Crippen molar-refractivity contribution in [2.24, 2.45) is 5.73 Å². The Bertz CT molecular complexity index is 398. The maximum absolute atomic E-state index is 10.9. The molecule has 1 aromatic rings. The zero-order valence-corrected chi connectivity index (χ0v) is 8.91. The predicted octanol–water partition coefficient (Wildman–Crippen LogP) is -0.187. The number of sulfone groups is 1. The fraction of sp³-hybridized carbons (Fsp3) is 0.714. The molecule has 0 saturated carbocycles. The minimum atomic E-state index is -2.99. The smallest absolute Gasteiger partial charge is 0.243 e. The van der Waals surface area contributed by atoms with E-state index >= 15 is 0 Å². The van der Waals surface area contributed by atoms with E-state index in [1.165, 1.54) is 6.26 Å². The number of rotatable bonds is 4. The molecule has 14 heavy (non-hydrogen) atoms. The minimum Gasteiger partial charge on any atom is -0.338 e. The lowest BCUT2D eigenvalue weighted by molar-refractivity contribution is 0.349. The topological polar surface area (TPSA) is 99.1 Å². The highest BCUT2D eigenvalue weighted by Crippen LogP contribution is 2.11. The van der Waals surface area contributed by atoms with Crippen LogP contribution in [0.25, 0.3) is 0 Å². The third kappa shape index (κ3) is 3.43. The van der Waals surface area contributed by atoms with Gasteiger partial charge in [-0.3, -0.25) is 0 Å². The average Bonchev–Trinajstić information content (AvgIpc) is 2.46. The molecule has 0 radical (unpaired) electrons. The highest BCUT2D eigenvalue weighted by molar-refractivity contribution is 7.90. The predicted molar refractivity (Wildman–Crippen MR) is 50.3 cm³/mol. The Hall–Kier alpha value is -0.950. The first-order valence-corrected chi connectivity index (χ1v) is 6.18. The normalized spacial score (nSPS) is 14.2. The van der Waals surface area contributed by atoms with Crippen molar-refractivity contribution < 1.29 is 12.9 Å². The highest BCUT2D eigenvalue weighted by atomic mass is 32.2. The summed E-state index contributed by atoms with van der Waals surface area (Å²) in [6.07, 6.45) is 1.46. The van der Waals surface area contributed by atoms with Gasteiger partial charge >= 0.3 is 0 Å². The van der Waals surface area contributed by atoms with Crippen molar-refractivity contribution >= 4 is 9.84 Å². The van der Waals surface area contributed by atoms with E-state index < -0.39 is 15.9 Å². The molecule has 0 aliphatic carbocycles. The number of hydrogen-bond acceptors (Lipinski definition) is 6. The molecule has 6 nitrogen and oxygen atoms in total. The largest absolute Gasteiger partial charge is 0.338 e. The lowest BCUT2D eigenvalue weighted by Crippen LogP contribution is -2.16. The van der Waals surface area contributed by atoms with Crippen LogP contribution in [0.4, 0.5) is 0 Å². The second-order valence-electron chi connectivity index (χ2n) is 3.20. The van der Waals surface area contributed by atoms with Gasteiger partial charge in [0, 0.05) is 6.26 Å². The molecule has 7 heteroatoms. The Morgan fingerprint density at radius 3 is 2.64 bits per heavy atom. The van der Waals surface area contributed by atoms with Crippen LogP contribution in [-0.2, 0) is 9.84 Å². The van der Waals surface area contributed by atoms with E-state index in [9.17, 15) is 8.42 Å². The van der Waals surface area contributed by atoms with Crippen LogP contribution in [0.15, 0.2) is 4.52 Å². The molecule has 0 aromatic carbocycles. The second-order valence-corrected chi connectivity index (χ2v) is 5.46. The molecule has 0 aliphatic rings. The van der Waals surface area contributed by atoms with Crippen LogP contribution in [0.2, 0.25) is 0 Å². The Morgan fingerprint density at radius 1 is 1.57 bits per heavy atom. The quantitative estimate of drug-likeness (QED) is 0.753. The van der Waals surface area contributed by atoms with Gasteiger partial charge in [0.15, 0.2) is 5.82 Å². The number of hydrogen-bond donors (Lipinski definition) is 1. The van der Waals surface area contributed by atoms with E-state index in [1.807, 2.05) is 0 Å². The Kier molecular flexibility index (Phi) is 3.22. The van der Waals surface area contributed by atoms with Gasteiger partial charge < -0.3 is 10.3 Å². The maximum Gasteiger partial charge on any atom is 0.243 e. The van der Waals surface area contributed by atoms with Gasteiger partial charge in [-0.1, -0.05) is 5.16 Å². The lowest BCUT2D eigenvalue weighted by Gasteiger charge is -2.04. The van der Waals surface area contributed by atoms with Crippen LogP contribution in [0.1, 0.15) is 24.2 Å². The molecule has 0 bridgehead atoms. The van der Waals surface area contributed by atoms with Crippen molar-refractivity contribution in [1.82, 2.24) is 10.1 Å². The number of aryl methyl sites for hydroxylation is 1. The van der Waals surface area contributed by atoms with Gasteiger partial charge in [-0.25, -0.2) is 8.42 Å². The Labute approximate surface area is 82.4 Å². The van der Waals surface area contributed by atoms with Crippen LogP contribution in [0, 0.1) is 6.92 Å². The monoisotopic (exact) mass is 219 g/mol. The molecule has 0 amide bonds. The molecule has 1 atom stereocenters. The Balaban J connectivity index is 2.55. The van der Waals surface area contributed by atoms with E-state index in [4.69, 9.17) is 10.3 Å². The molecular formula is C7H13N3O3S. The zero-order valence-electron chi connectivity index (χ0n) is 8.10. The summed E-state index contributed by atoms with van der Waals surface area (Å²) in [5.74, 6) is 0.802. The lowest BCUT2D eigenvalue weighted by atomic mass is 10.2. The summed E-state index contributed by atoms with van der Waals surface area (Å²) in [5, 5.41) is 3.57. The number of nitrogens with two attached hydrogens (primary N) is 1. The first-order chi connectivity index (χ1) is 6.38. The fourth-order valence-corrected chi connectivity index (χ4v) is 1.61. The van der Waals surface area contributed by atoms with E-state index in [1.54, 1.807) is 6.92 Å². The molecule has 1 aromatic heterocycles. The molecule has 80 valence electrons. The number of nitrogens with zero attached hydrogens (tertiary/aromatic N) is 2. The highest BCUT2D eigenvalue weighted by Gasteiger charge is 2.15. The maximum atomic E-state index is 10.9. The molecule has 2 N–H and O–H groups in total. The molecule has 0 unspecified atom stereocenters. The van der Waals surface area contributed by atoms with Gasteiger partial charge in [-0.05, 0) is 13.3 Å². The molecule has 0 spiro atoms. The van der Waals surface area contributed by atoms with E-state index in [2.05, 4.69) is 10.1 Å². The van der Waals surface area contributed by atoms with E-state index in [-0.39, 0.29) is 11.6 Å². The first kappa shape index (κ1) is 11.1. The molecule has 1 rings (SSSR count). The standard InChI is InChI=1S/C7H13N3O3S/c1-5-9-7(13-10-5)6(8)3-4-14(2,11)12/h6H,3-4,8H2,1-2H3/t6-/m0/s1. The summed E-state index contributed by atoms with van der Waals surface area (Å²) in [6, 6.07) is -0.508. The van der Waals surface area contributed by atoms with Crippen molar-refractivity contribution in [3.63, 3.8) is 0 Å². The second kappa shape index (κ2) is 4.05. The minimum absolute atomic E-state index is 0.0234. The number of aromatic nitrogens is 2. The Morgan fingerprint density at radius 2 is 2.21 bits per heavy atom. The average molecular weight is 219 g/mol. The van der Waals surface area contributed by atoms with Gasteiger partial charge in [0.25, 0.3) is 0 Å². The summed E-state index contributed by atoms with van der Waals surface area (Å²) < 4.78 is 26.5. The van der Waals surface area contributed by atoms with E-state index in [0.29, 0.717) is 12.2 Å². The van der Waals surface area contributed by atoms with Gasteiger partial charge in [0.1, 0.15) is 9.84 Å². The molecule has 1 heterocycles. The third-order valence-corrected chi connectivity index (χ3v) is 2.64. The van der Waals surface area contributed by atoms with E-state index in [0.717, 1.165) is 0 Å². The molecule has 0 saturated heterocycles. The third-order valence-electron chi connectivity index (χ3n) is 1.66. The summed E-state index contributed by atoms with van der Waals surface area (Å²) in [5.41, 5.74) is 5.65. The van der Waals surface area contributed by atoms with Crippen LogP contribution >= 0.6 is 0 Å². The summed E-state index contributed by atoms with van der Waals surface area (Å²) in [4.78, 5) is 3.91. The van der Waals surface area contributed by atoms with Crippen molar-refractivity contribution in [1.29, 1.82) is 0 Å². The first-order valence-electron chi connectivity index (χ1n) is 4.12. The van der Waals surface area contributed by atoms with Crippen LogP contribution < -0.4 is 5.73 Å². The van der Waals surface area contributed by atoms with Gasteiger partial charge in [0.05, 0.1) is 11.8 Å². The van der Waals surface area contributed by atoms with Gasteiger partial charge in [-0.15, -0.1) is 0 Å². The molecular weight excluding hydrogens is 206 g/mol.